The Labute approximate surface area is 126 Å². The lowest BCUT2D eigenvalue weighted by Crippen LogP contribution is -2.48. The molecule has 1 fully saturated rings. The van der Waals surface area contributed by atoms with Gasteiger partial charge in [0.25, 0.3) is 0 Å². The van der Waals surface area contributed by atoms with Crippen molar-refractivity contribution in [3.05, 3.63) is 20.3 Å². The van der Waals surface area contributed by atoms with Crippen molar-refractivity contribution in [3.8, 4) is 0 Å². The third-order valence-corrected chi connectivity index (χ3v) is 6.39. The van der Waals surface area contributed by atoms with Crippen LogP contribution in [0.5, 0.6) is 0 Å². The van der Waals surface area contributed by atoms with Gasteiger partial charge in [-0.3, -0.25) is 9.69 Å². The number of ketones is 1. The van der Waals surface area contributed by atoms with Crippen LogP contribution in [0, 0.1) is 0 Å². The lowest BCUT2D eigenvalue weighted by atomic mass is 10.2. The number of Topliss-reactive ketones (excluding diaryl/α,β-unsaturated/α-hetero) is 1. The van der Waals surface area contributed by atoms with Crippen LogP contribution >= 0.6 is 34.5 Å². The van der Waals surface area contributed by atoms with Crippen LogP contribution in [0.25, 0.3) is 0 Å². The van der Waals surface area contributed by atoms with Crippen LogP contribution in [0.4, 0.5) is 0 Å². The number of hydrogen-bond acceptors (Lipinski definition) is 5. The molecule has 0 aromatic carbocycles. The molecule has 1 atom stereocenters. The van der Waals surface area contributed by atoms with Crippen LogP contribution in [-0.4, -0.2) is 49.7 Å². The molecule has 0 radical (unpaired) electrons. The summed E-state index contributed by atoms with van der Waals surface area (Å²) in [6.45, 7) is 2.36. The highest BCUT2D eigenvalue weighted by Crippen LogP contribution is 2.31. The monoisotopic (exact) mass is 341 g/mol. The summed E-state index contributed by atoms with van der Waals surface area (Å²) >= 11 is 12.9. The van der Waals surface area contributed by atoms with Gasteiger partial charge in [0.2, 0.25) is 0 Å². The Balaban J connectivity index is 2.06. The topological polar surface area (TPSA) is 54.5 Å². The highest BCUT2D eigenvalue weighted by molar-refractivity contribution is 7.91. The number of carbonyl (C=O) groups excluding carboxylic acids is 1. The molecule has 1 aliphatic rings. The van der Waals surface area contributed by atoms with E-state index in [0.717, 1.165) is 11.3 Å². The second-order valence-corrected chi connectivity index (χ2v) is 9.11. The van der Waals surface area contributed by atoms with E-state index >= 15 is 0 Å². The standard InChI is InChI=1S/C11H13Cl2NO3S2/c1-7-6-19(16,17)3-2-14(7)5-9(15)8-4-10(12)18-11(8)13/h4,7H,2-3,5-6H2,1H3. The highest BCUT2D eigenvalue weighted by atomic mass is 35.5. The highest BCUT2D eigenvalue weighted by Gasteiger charge is 2.30. The minimum absolute atomic E-state index is 0.0956. The van der Waals surface area contributed by atoms with Crippen molar-refractivity contribution in [1.29, 1.82) is 0 Å². The average molecular weight is 342 g/mol. The van der Waals surface area contributed by atoms with E-state index in [1.807, 2.05) is 11.8 Å². The minimum Gasteiger partial charge on any atom is -0.293 e. The van der Waals surface area contributed by atoms with Crippen LogP contribution < -0.4 is 0 Å². The number of carbonyl (C=O) groups is 1. The number of halogens is 2. The molecule has 1 aliphatic heterocycles. The maximum Gasteiger partial charge on any atom is 0.179 e. The average Bonchev–Trinajstić information content (AvgIpc) is 2.61. The van der Waals surface area contributed by atoms with E-state index in [0.29, 0.717) is 20.8 Å². The lowest BCUT2D eigenvalue weighted by Gasteiger charge is -2.32. The van der Waals surface area contributed by atoms with Gasteiger partial charge in [-0.1, -0.05) is 23.2 Å². The molecule has 106 valence electrons. The second-order valence-electron chi connectivity index (χ2n) is 4.59. The summed E-state index contributed by atoms with van der Waals surface area (Å²) in [7, 11) is -2.97. The molecule has 19 heavy (non-hydrogen) atoms. The van der Waals surface area contributed by atoms with E-state index in [1.54, 1.807) is 6.07 Å². The zero-order valence-corrected chi connectivity index (χ0v) is 13.4. The summed E-state index contributed by atoms with van der Waals surface area (Å²) < 4.78 is 23.8. The van der Waals surface area contributed by atoms with E-state index in [1.165, 1.54) is 0 Å². The van der Waals surface area contributed by atoms with Gasteiger partial charge >= 0.3 is 0 Å². The van der Waals surface area contributed by atoms with Crippen molar-refractivity contribution in [2.75, 3.05) is 24.6 Å². The molecule has 0 aliphatic carbocycles. The van der Waals surface area contributed by atoms with Crippen molar-refractivity contribution in [2.45, 2.75) is 13.0 Å². The SMILES string of the molecule is CC1CS(=O)(=O)CCN1CC(=O)c1cc(Cl)sc1Cl. The first kappa shape index (κ1) is 15.3. The smallest absolute Gasteiger partial charge is 0.179 e. The molecule has 0 spiro atoms. The normalized spacial score (nSPS) is 23.4. The zero-order chi connectivity index (χ0) is 14.2. The second kappa shape index (κ2) is 5.69. The fourth-order valence-electron chi connectivity index (χ4n) is 2.07. The van der Waals surface area contributed by atoms with E-state index in [4.69, 9.17) is 23.2 Å². The number of hydrogen-bond donors (Lipinski definition) is 0. The van der Waals surface area contributed by atoms with Gasteiger partial charge in [0, 0.05) is 12.6 Å². The predicted octanol–water partition coefficient (Wildman–Crippen LogP) is 2.36. The summed E-state index contributed by atoms with van der Waals surface area (Å²) in [5.74, 6) is 0.0699. The van der Waals surface area contributed by atoms with Gasteiger partial charge in [0.15, 0.2) is 15.6 Å². The maximum absolute atomic E-state index is 12.1. The van der Waals surface area contributed by atoms with Crippen LogP contribution in [0.15, 0.2) is 6.07 Å². The van der Waals surface area contributed by atoms with E-state index in [-0.39, 0.29) is 29.9 Å². The summed E-state index contributed by atoms with van der Waals surface area (Å²) in [6.07, 6.45) is 0. The Hall–Kier alpha value is -0.140. The third-order valence-electron chi connectivity index (χ3n) is 3.11. The van der Waals surface area contributed by atoms with Gasteiger partial charge in [-0.15, -0.1) is 11.3 Å². The Morgan fingerprint density at radius 2 is 2.21 bits per heavy atom. The van der Waals surface area contributed by atoms with E-state index < -0.39 is 9.84 Å². The molecule has 4 nitrogen and oxygen atoms in total. The van der Waals surface area contributed by atoms with Crippen molar-refractivity contribution in [3.63, 3.8) is 0 Å². The first-order valence-electron chi connectivity index (χ1n) is 5.71. The summed E-state index contributed by atoms with van der Waals surface area (Å²) in [4.78, 5) is 14.0. The number of nitrogens with zero attached hydrogens (tertiary/aromatic N) is 1. The van der Waals surface area contributed by atoms with E-state index in [9.17, 15) is 13.2 Å². The van der Waals surface area contributed by atoms with Gasteiger partial charge in [-0.2, -0.15) is 0 Å². The molecule has 0 saturated carbocycles. The molecule has 8 heteroatoms. The first-order chi connectivity index (χ1) is 8.78. The van der Waals surface area contributed by atoms with Crippen LogP contribution in [0.3, 0.4) is 0 Å². The van der Waals surface area contributed by atoms with Crippen LogP contribution in [0.2, 0.25) is 8.67 Å². The van der Waals surface area contributed by atoms with Crippen molar-refractivity contribution < 1.29 is 13.2 Å². The lowest BCUT2D eigenvalue weighted by molar-refractivity contribution is 0.0909. The Kier molecular flexibility index (Phi) is 4.57. The van der Waals surface area contributed by atoms with Crippen LogP contribution in [-0.2, 0) is 9.84 Å². The van der Waals surface area contributed by atoms with Crippen molar-refractivity contribution in [2.24, 2.45) is 0 Å². The predicted molar refractivity (Wildman–Crippen MR) is 78.4 cm³/mol. The molecule has 0 bridgehead atoms. The largest absolute Gasteiger partial charge is 0.293 e. The van der Waals surface area contributed by atoms with E-state index in [2.05, 4.69) is 0 Å². The minimum atomic E-state index is -2.97. The third kappa shape index (κ3) is 3.70. The molecule has 1 saturated heterocycles. The Morgan fingerprint density at radius 3 is 2.74 bits per heavy atom. The van der Waals surface area contributed by atoms with Gasteiger partial charge in [0.05, 0.1) is 28.0 Å². The molecule has 1 aromatic rings. The summed E-state index contributed by atoms with van der Waals surface area (Å²) in [5, 5.41) is 0. The quantitative estimate of drug-likeness (QED) is 0.792. The molecule has 1 aromatic heterocycles. The zero-order valence-electron chi connectivity index (χ0n) is 10.2. The molecule has 2 rings (SSSR count). The molecule has 2 heterocycles. The van der Waals surface area contributed by atoms with Gasteiger partial charge in [0.1, 0.15) is 4.34 Å². The van der Waals surface area contributed by atoms with Gasteiger partial charge < -0.3 is 0 Å². The fourth-order valence-corrected chi connectivity index (χ4v) is 5.19. The summed E-state index contributed by atoms with van der Waals surface area (Å²) in [5.41, 5.74) is 0.414. The van der Waals surface area contributed by atoms with Crippen molar-refractivity contribution >= 4 is 50.2 Å². The maximum atomic E-state index is 12.1. The van der Waals surface area contributed by atoms with Gasteiger partial charge in [-0.05, 0) is 13.0 Å². The molecule has 0 N–H and O–H groups in total. The van der Waals surface area contributed by atoms with Crippen molar-refractivity contribution in [1.82, 2.24) is 4.90 Å². The Morgan fingerprint density at radius 1 is 1.53 bits per heavy atom. The molecule has 1 unspecified atom stereocenters. The molecular formula is C11H13Cl2NO3S2. The Bertz CT molecular complexity index is 597. The van der Waals surface area contributed by atoms with Gasteiger partial charge in [-0.25, -0.2) is 8.42 Å². The first-order valence-corrected chi connectivity index (χ1v) is 9.10. The van der Waals surface area contributed by atoms with Crippen LogP contribution in [0.1, 0.15) is 17.3 Å². The number of sulfone groups is 1. The molecular weight excluding hydrogens is 329 g/mol. The number of thiophene rings is 1. The molecule has 0 amide bonds. The summed E-state index contributed by atoms with van der Waals surface area (Å²) in [6, 6.07) is 1.40. The fraction of sp³-hybridized carbons (Fsp3) is 0.545. The number of rotatable bonds is 3.